The Bertz CT molecular complexity index is 754. The quantitative estimate of drug-likeness (QED) is 0.723. The summed E-state index contributed by atoms with van der Waals surface area (Å²) in [6.45, 7) is 4.31. The maximum absolute atomic E-state index is 12.9. The number of rotatable bonds is 6. The van der Waals surface area contributed by atoms with Crippen LogP contribution in [0.4, 0.5) is 10.1 Å². The smallest absolute Gasteiger partial charge is 0.232 e. The number of amides is 1. The second-order valence-electron chi connectivity index (χ2n) is 6.26. The largest absolute Gasteiger partial charge is 0.485 e. The van der Waals surface area contributed by atoms with Crippen molar-refractivity contribution in [3.8, 4) is 5.75 Å². The van der Waals surface area contributed by atoms with Crippen LogP contribution >= 0.6 is 11.8 Å². The summed E-state index contributed by atoms with van der Waals surface area (Å²) in [5.74, 6) is 0.952. The van der Waals surface area contributed by atoms with Crippen molar-refractivity contribution in [3.63, 3.8) is 0 Å². The number of anilines is 1. The lowest BCUT2D eigenvalue weighted by atomic mass is 10.2. The molecule has 1 heterocycles. The van der Waals surface area contributed by atoms with Gasteiger partial charge in [0.25, 0.3) is 0 Å². The molecule has 1 aliphatic rings. The predicted octanol–water partition coefficient (Wildman–Crippen LogP) is 3.66. The van der Waals surface area contributed by atoms with E-state index in [9.17, 15) is 9.18 Å². The first-order valence-electron chi connectivity index (χ1n) is 8.69. The molecule has 0 bridgehead atoms. The Balaban J connectivity index is 1.55. The van der Waals surface area contributed by atoms with Crippen LogP contribution in [0.3, 0.4) is 0 Å². The highest BCUT2D eigenvalue weighted by atomic mass is 32.2. The summed E-state index contributed by atoms with van der Waals surface area (Å²) in [6, 6.07) is 14.2. The molecule has 2 aromatic rings. The van der Waals surface area contributed by atoms with E-state index in [0.717, 1.165) is 29.4 Å². The van der Waals surface area contributed by atoms with Gasteiger partial charge in [-0.3, -0.25) is 4.79 Å². The monoisotopic (exact) mass is 374 g/mol. The molecule has 0 saturated heterocycles. The fraction of sp³-hybridized carbons (Fsp3) is 0.350. The van der Waals surface area contributed by atoms with Crippen molar-refractivity contribution in [2.45, 2.75) is 17.9 Å². The third-order valence-corrected chi connectivity index (χ3v) is 5.38. The molecule has 1 atom stereocenters. The number of carbonyl (C=O) groups is 1. The molecule has 26 heavy (non-hydrogen) atoms. The second-order valence-corrected chi connectivity index (χ2v) is 7.31. The minimum absolute atomic E-state index is 0.0323. The number of para-hydroxylation sites is 2. The molecule has 0 fully saturated rings. The molecular weight excluding hydrogens is 351 g/mol. The summed E-state index contributed by atoms with van der Waals surface area (Å²) < 4.78 is 19.0. The average molecular weight is 374 g/mol. The number of hydrogen-bond acceptors (Lipinski definition) is 4. The van der Waals surface area contributed by atoms with Crippen molar-refractivity contribution < 1.29 is 13.9 Å². The molecule has 0 N–H and O–H groups in total. The van der Waals surface area contributed by atoms with Crippen LogP contribution in [0.15, 0.2) is 53.4 Å². The lowest BCUT2D eigenvalue weighted by Crippen LogP contribution is -2.47. The van der Waals surface area contributed by atoms with Crippen molar-refractivity contribution in [1.29, 1.82) is 0 Å². The molecule has 3 rings (SSSR count). The zero-order valence-corrected chi connectivity index (χ0v) is 15.8. The van der Waals surface area contributed by atoms with Crippen LogP contribution in [0.5, 0.6) is 5.75 Å². The Kier molecular flexibility index (Phi) is 6.04. The lowest BCUT2D eigenvalue weighted by Gasteiger charge is -2.37. The van der Waals surface area contributed by atoms with Gasteiger partial charge in [0.05, 0.1) is 24.5 Å². The Morgan fingerprint density at radius 1 is 1.27 bits per heavy atom. The molecule has 0 aromatic heterocycles. The van der Waals surface area contributed by atoms with Gasteiger partial charge in [-0.25, -0.2) is 4.39 Å². The molecule has 0 saturated carbocycles. The number of carbonyl (C=O) groups excluding carboxylic acids is 1. The van der Waals surface area contributed by atoms with E-state index in [1.807, 2.05) is 18.2 Å². The summed E-state index contributed by atoms with van der Waals surface area (Å²) in [7, 11) is 1.80. The minimum Gasteiger partial charge on any atom is -0.485 e. The number of hydrogen-bond donors (Lipinski definition) is 0. The molecule has 1 amide bonds. The number of fused-ring (bicyclic) bond motifs is 1. The van der Waals surface area contributed by atoms with Crippen LogP contribution in [0, 0.1) is 5.82 Å². The van der Waals surface area contributed by atoms with E-state index >= 15 is 0 Å². The van der Waals surface area contributed by atoms with Gasteiger partial charge in [0.2, 0.25) is 5.91 Å². The van der Waals surface area contributed by atoms with Crippen molar-refractivity contribution in [1.82, 2.24) is 4.90 Å². The van der Waals surface area contributed by atoms with Gasteiger partial charge in [-0.05, 0) is 43.3 Å². The van der Waals surface area contributed by atoms with E-state index in [1.165, 1.54) is 23.9 Å². The zero-order valence-electron chi connectivity index (χ0n) is 15.0. The Morgan fingerprint density at radius 3 is 2.73 bits per heavy atom. The number of nitrogens with zero attached hydrogens (tertiary/aromatic N) is 2. The van der Waals surface area contributed by atoms with Gasteiger partial charge in [-0.15, -0.1) is 11.8 Å². The highest BCUT2D eigenvalue weighted by Gasteiger charge is 2.26. The first kappa shape index (κ1) is 18.6. The van der Waals surface area contributed by atoms with E-state index in [2.05, 4.69) is 17.9 Å². The Labute approximate surface area is 157 Å². The molecule has 0 spiro atoms. The van der Waals surface area contributed by atoms with Gasteiger partial charge in [0, 0.05) is 18.5 Å². The maximum atomic E-state index is 12.9. The molecular formula is C20H23FN2O2S. The zero-order chi connectivity index (χ0) is 18.5. The summed E-state index contributed by atoms with van der Waals surface area (Å²) in [4.78, 5) is 17.3. The number of benzene rings is 2. The van der Waals surface area contributed by atoms with Gasteiger partial charge < -0.3 is 14.5 Å². The SMILES string of the molecule is CCN1C[C@@H](CN(C)C(=O)CSc2ccc(F)cc2)Oc2ccccc21. The fourth-order valence-corrected chi connectivity index (χ4v) is 3.81. The molecule has 138 valence electrons. The van der Waals surface area contributed by atoms with E-state index in [1.54, 1.807) is 24.1 Å². The van der Waals surface area contributed by atoms with Gasteiger partial charge in [0.1, 0.15) is 17.7 Å². The minimum atomic E-state index is -0.270. The molecule has 0 unspecified atom stereocenters. The van der Waals surface area contributed by atoms with Crippen LogP contribution in [0.1, 0.15) is 6.92 Å². The molecule has 2 aromatic carbocycles. The first-order valence-corrected chi connectivity index (χ1v) is 9.68. The van der Waals surface area contributed by atoms with E-state index in [0.29, 0.717) is 12.3 Å². The highest BCUT2D eigenvalue weighted by molar-refractivity contribution is 8.00. The van der Waals surface area contributed by atoms with Crippen LogP contribution in [-0.2, 0) is 4.79 Å². The van der Waals surface area contributed by atoms with Crippen LogP contribution in [-0.4, -0.2) is 49.3 Å². The fourth-order valence-electron chi connectivity index (χ4n) is 2.97. The maximum Gasteiger partial charge on any atom is 0.232 e. The van der Waals surface area contributed by atoms with Crippen LogP contribution < -0.4 is 9.64 Å². The molecule has 1 aliphatic heterocycles. The Hall–Kier alpha value is -2.21. The number of halogens is 1. The summed E-state index contributed by atoms with van der Waals surface area (Å²) in [6.07, 6.45) is -0.0605. The van der Waals surface area contributed by atoms with Gasteiger partial charge in [-0.1, -0.05) is 12.1 Å². The second kappa shape index (κ2) is 8.45. The average Bonchev–Trinajstić information content (AvgIpc) is 2.66. The van der Waals surface area contributed by atoms with E-state index < -0.39 is 0 Å². The first-order chi connectivity index (χ1) is 12.6. The van der Waals surface area contributed by atoms with Gasteiger partial charge >= 0.3 is 0 Å². The lowest BCUT2D eigenvalue weighted by molar-refractivity contribution is -0.128. The van der Waals surface area contributed by atoms with Crippen molar-refractivity contribution in [3.05, 3.63) is 54.3 Å². The van der Waals surface area contributed by atoms with E-state index in [4.69, 9.17) is 4.74 Å². The third-order valence-electron chi connectivity index (χ3n) is 4.38. The standard InChI is InChI=1S/C20H23FN2O2S/c1-3-23-13-16(25-19-7-5-4-6-18(19)23)12-22(2)20(24)14-26-17-10-8-15(21)9-11-17/h4-11,16H,3,12-14H2,1-2H3/t16-/m1/s1. The Morgan fingerprint density at radius 2 is 2.00 bits per heavy atom. The van der Waals surface area contributed by atoms with Crippen molar-refractivity contribution in [2.24, 2.45) is 0 Å². The summed E-state index contributed by atoms with van der Waals surface area (Å²) >= 11 is 1.41. The topological polar surface area (TPSA) is 32.8 Å². The summed E-state index contributed by atoms with van der Waals surface area (Å²) in [5, 5.41) is 0. The van der Waals surface area contributed by atoms with Crippen LogP contribution in [0.25, 0.3) is 0 Å². The van der Waals surface area contributed by atoms with E-state index in [-0.39, 0.29) is 17.8 Å². The highest BCUT2D eigenvalue weighted by Crippen LogP contribution is 2.32. The predicted molar refractivity (Wildman–Crippen MR) is 104 cm³/mol. The normalized spacial score (nSPS) is 16.0. The van der Waals surface area contributed by atoms with Crippen LogP contribution in [0.2, 0.25) is 0 Å². The molecule has 0 aliphatic carbocycles. The van der Waals surface area contributed by atoms with Gasteiger partial charge in [0.15, 0.2) is 0 Å². The third kappa shape index (κ3) is 4.49. The number of thioether (sulfide) groups is 1. The molecule has 6 heteroatoms. The van der Waals surface area contributed by atoms with Gasteiger partial charge in [-0.2, -0.15) is 0 Å². The van der Waals surface area contributed by atoms with Crippen molar-refractivity contribution >= 4 is 23.4 Å². The number of likely N-dealkylation sites (N-methyl/N-ethyl adjacent to an activating group) is 2. The molecule has 4 nitrogen and oxygen atoms in total. The summed E-state index contributed by atoms with van der Waals surface area (Å²) in [5.41, 5.74) is 1.10. The molecule has 0 radical (unpaired) electrons. The van der Waals surface area contributed by atoms with Crippen molar-refractivity contribution in [2.75, 3.05) is 37.3 Å². The number of ether oxygens (including phenoxy) is 1.